The summed E-state index contributed by atoms with van der Waals surface area (Å²) in [6.07, 6.45) is 1.59. The predicted octanol–water partition coefficient (Wildman–Crippen LogP) is 4.89. The molecule has 2 aromatic rings. The third kappa shape index (κ3) is 4.26. The number of ketones is 1. The Labute approximate surface area is 187 Å². The number of methoxy groups -OCH3 is 2. The van der Waals surface area contributed by atoms with Crippen LogP contribution in [0.5, 0.6) is 11.5 Å². The first-order chi connectivity index (χ1) is 14.8. The highest BCUT2D eigenvalue weighted by atomic mass is 35.5. The maximum absolute atomic E-state index is 13.1. The van der Waals surface area contributed by atoms with E-state index in [1.165, 1.54) is 12.0 Å². The van der Waals surface area contributed by atoms with E-state index in [1.54, 1.807) is 37.4 Å². The summed E-state index contributed by atoms with van der Waals surface area (Å²) in [5.41, 5.74) is 1.74. The molecule has 1 unspecified atom stereocenters. The Kier molecular flexibility index (Phi) is 6.91. The van der Waals surface area contributed by atoms with Crippen molar-refractivity contribution in [2.75, 3.05) is 20.8 Å². The molecule has 0 aliphatic carbocycles. The maximum Gasteiger partial charge on any atom is 0.295 e. The zero-order valence-electron chi connectivity index (χ0n) is 18.1. The van der Waals surface area contributed by atoms with Gasteiger partial charge in [-0.2, -0.15) is 0 Å². The van der Waals surface area contributed by atoms with Crippen LogP contribution in [0, 0.1) is 6.92 Å². The van der Waals surface area contributed by atoms with Gasteiger partial charge in [0, 0.05) is 6.54 Å². The molecule has 0 saturated carbocycles. The lowest BCUT2D eigenvalue weighted by molar-refractivity contribution is -0.139. The summed E-state index contributed by atoms with van der Waals surface area (Å²) in [5.74, 6) is -0.849. The van der Waals surface area contributed by atoms with E-state index in [0.717, 1.165) is 18.4 Å². The molecular formula is C24H26ClNO5. The minimum Gasteiger partial charge on any atom is -0.507 e. The van der Waals surface area contributed by atoms with Crippen LogP contribution in [0.2, 0.25) is 5.02 Å². The summed E-state index contributed by atoms with van der Waals surface area (Å²) in [5, 5.41) is 11.6. The van der Waals surface area contributed by atoms with Crippen molar-refractivity contribution in [3.05, 3.63) is 63.7 Å². The van der Waals surface area contributed by atoms with Gasteiger partial charge in [-0.15, -0.1) is 0 Å². The van der Waals surface area contributed by atoms with Crippen LogP contribution in [-0.4, -0.2) is 42.5 Å². The molecule has 1 N–H and O–H groups in total. The van der Waals surface area contributed by atoms with Gasteiger partial charge in [-0.05, 0) is 48.7 Å². The number of carbonyl (C=O) groups excluding carboxylic acids is 2. The summed E-state index contributed by atoms with van der Waals surface area (Å²) < 4.78 is 10.7. The standard InChI is InChI=1S/C24H26ClNO5/c1-5-6-10-26-20(15-8-7-9-16(13-15)30-3)19(22(28)24(26)29)21(27)17-11-14(2)12-18(25)23(17)31-4/h7-9,11-13,20,27H,5-6,10H2,1-4H3/b21-19+. The first-order valence-electron chi connectivity index (χ1n) is 10.1. The fraction of sp³-hybridized carbons (Fsp3) is 0.333. The quantitative estimate of drug-likeness (QED) is 0.374. The topological polar surface area (TPSA) is 76.1 Å². The van der Waals surface area contributed by atoms with E-state index < -0.39 is 17.7 Å². The van der Waals surface area contributed by atoms with Crippen molar-refractivity contribution in [2.45, 2.75) is 32.7 Å². The van der Waals surface area contributed by atoms with Crippen LogP contribution in [0.3, 0.4) is 0 Å². The number of rotatable bonds is 7. The normalized spacial score (nSPS) is 17.8. The van der Waals surface area contributed by atoms with Crippen LogP contribution in [0.1, 0.15) is 42.5 Å². The molecule has 31 heavy (non-hydrogen) atoms. The molecule has 1 amide bonds. The molecule has 1 saturated heterocycles. The van der Waals surface area contributed by atoms with Gasteiger partial charge < -0.3 is 19.5 Å². The number of amides is 1. The molecule has 1 fully saturated rings. The Morgan fingerprint density at radius 2 is 1.90 bits per heavy atom. The number of benzene rings is 2. The van der Waals surface area contributed by atoms with Crippen LogP contribution >= 0.6 is 11.6 Å². The van der Waals surface area contributed by atoms with Gasteiger partial charge in [0.1, 0.15) is 17.3 Å². The summed E-state index contributed by atoms with van der Waals surface area (Å²) in [4.78, 5) is 27.5. The Hall–Kier alpha value is -2.99. The highest BCUT2D eigenvalue weighted by molar-refractivity contribution is 6.46. The lowest BCUT2D eigenvalue weighted by Gasteiger charge is -2.25. The molecule has 1 heterocycles. The smallest absolute Gasteiger partial charge is 0.295 e. The van der Waals surface area contributed by atoms with Crippen LogP contribution in [-0.2, 0) is 9.59 Å². The Morgan fingerprint density at radius 3 is 2.55 bits per heavy atom. The minimum absolute atomic E-state index is 0.00863. The summed E-state index contributed by atoms with van der Waals surface area (Å²) in [7, 11) is 2.99. The van der Waals surface area contributed by atoms with Crippen LogP contribution in [0.25, 0.3) is 5.76 Å². The van der Waals surface area contributed by atoms with Gasteiger partial charge in [-0.1, -0.05) is 37.1 Å². The predicted molar refractivity (Wildman–Crippen MR) is 120 cm³/mol. The molecule has 0 radical (unpaired) electrons. The molecule has 7 heteroatoms. The van der Waals surface area contributed by atoms with E-state index in [1.807, 2.05) is 19.9 Å². The molecule has 3 rings (SSSR count). The maximum atomic E-state index is 13.1. The second-order valence-corrected chi connectivity index (χ2v) is 7.86. The average Bonchev–Trinajstić information content (AvgIpc) is 3.01. The molecular weight excluding hydrogens is 418 g/mol. The van der Waals surface area contributed by atoms with Crippen LogP contribution in [0.15, 0.2) is 42.0 Å². The van der Waals surface area contributed by atoms with Gasteiger partial charge in [0.25, 0.3) is 11.7 Å². The molecule has 2 aromatic carbocycles. The van der Waals surface area contributed by atoms with Crippen molar-refractivity contribution in [3.63, 3.8) is 0 Å². The average molecular weight is 444 g/mol. The molecule has 1 atom stereocenters. The first-order valence-corrected chi connectivity index (χ1v) is 10.5. The highest BCUT2D eigenvalue weighted by Gasteiger charge is 2.46. The SMILES string of the molecule is CCCCN1C(=O)C(=O)/C(=C(/O)c2cc(C)cc(Cl)c2OC)C1c1cccc(OC)c1. The number of unbranched alkanes of at least 4 members (excludes halogenated alkanes) is 1. The second-order valence-electron chi connectivity index (χ2n) is 7.45. The Bertz CT molecular complexity index is 1050. The lowest BCUT2D eigenvalue weighted by atomic mass is 9.94. The van der Waals surface area contributed by atoms with E-state index >= 15 is 0 Å². The van der Waals surface area contributed by atoms with E-state index in [9.17, 15) is 14.7 Å². The number of aryl methyl sites for hydroxylation is 1. The number of nitrogens with zero attached hydrogens (tertiary/aromatic N) is 1. The van der Waals surface area contributed by atoms with Crippen LogP contribution in [0.4, 0.5) is 0 Å². The van der Waals surface area contributed by atoms with Crippen molar-refractivity contribution < 1.29 is 24.2 Å². The number of likely N-dealkylation sites (tertiary alicyclic amines) is 1. The fourth-order valence-electron chi connectivity index (χ4n) is 3.85. The van der Waals surface area contributed by atoms with Crippen molar-refractivity contribution >= 4 is 29.1 Å². The fourth-order valence-corrected chi connectivity index (χ4v) is 4.21. The summed E-state index contributed by atoms with van der Waals surface area (Å²) in [6, 6.07) is 9.79. The van der Waals surface area contributed by atoms with Gasteiger partial charge in [0.2, 0.25) is 0 Å². The van der Waals surface area contributed by atoms with Gasteiger partial charge in [0.05, 0.1) is 36.4 Å². The Morgan fingerprint density at radius 1 is 1.16 bits per heavy atom. The molecule has 0 bridgehead atoms. The number of aliphatic hydroxyl groups is 1. The number of hydrogen-bond acceptors (Lipinski definition) is 5. The monoisotopic (exact) mass is 443 g/mol. The van der Waals surface area contributed by atoms with Crippen molar-refractivity contribution in [1.29, 1.82) is 0 Å². The van der Waals surface area contributed by atoms with Crippen molar-refractivity contribution in [1.82, 2.24) is 4.90 Å². The first kappa shape index (κ1) is 22.7. The highest BCUT2D eigenvalue weighted by Crippen LogP contribution is 2.43. The van der Waals surface area contributed by atoms with Crippen molar-refractivity contribution in [3.8, 4) is 11.5 Å². The number of halogens is 1. The number of hydrogen-bond donors (Lipinski definition) is 1. The lowest BCUT2D eigenvalue weighted by Crippen LogP contribution is -2.30. The van der Waals surface area contributed by atoms with Gasteiger partial charge in [0.15, 0.2) is 0 Å². The number of aliphatic hydroxyl groups excluding tert-OH is 1. The minimum atomic E-state index is -0.745. The van der Waals surface area contributed by atoms with Gasteiger partial charge >= 0.3 is 0 Å². The number of carbonyl (C=O) groups is 2. The van der Waals surface area contributed by atoms with Crippen LogP contribution < -0.4 is 9.47 Å². The number of Topliss-reactive ketones (excluding diaryl/α,β-unsaturated/α-hetero) is 1. The molecule has 1 aliphatic rings. The second kappa shape index (κ2) is 9.43. The molecule has 164 valence electrons. The van der Waals surface area contributed by atoms with Crippen molar-refractivity contribution in [2.24, 2.45) is 0 Å². The molecule has 0 aromatic heterocycles. The molecule has 6 nitrogen and oxygen atoms in total. The third-order valence-corrected chi connectivity index (χ3v) is 5.63. The van der Waals surface area contributed by atoms with Gasteiger partial charge in [-0.3, -0.25) is 9.59 Å². The van der Waals surface area contributed by atoms with Gasteiger partial charge in [-0.25, -0.2) is 0 Å². The van der Waals surface area contributed by atoms with E-state index in [0.29, 0.717) is 22.9 Å². The zero-order valence-corrected chi connectivity index (χ0v) is 18.8. The van der Waals surface area contributed by atoms with E-state index in [2.05, 4.69) is 0 Å². The zero-order chi connectivity index (χ0) is 22.7. The van der Waals surface area contributed by atoms with E-state index in [4.69, 9.17) is 21.1 Å². The molecule has 0 spiro atoms. The third-order valence-electron chi connectivity index (χ3n) is 5.35. The Balaban J connectivity index is 2.27. The number of ether oxygens (including phenoxy) is 2. The van der Waals surface area contributed by atoms with E-state index in [-0.39, 0.29) is 22.6 Å². The molecule has 1 aliphatic heterocycles. The summed E-state index contributed by atoms with van der Waals surface area (Å²) in [6.45, 7) is 4.23. The summed E-state index contributed by atoms with van der Waals surface area (Å²) >= 11 is 6.30. The largest absolute Gasteiger partial charge is 0.507 e.